The third kappa shape index (κ3) is 3.23. The molecule has 110 valence electrons. The molecule has 0 bridgehead atoms. The van der Waals surface area contributed by atoms with Crippen LogP contribution in [0.1, 0.15) is 37.9 Å². The molecule has 1 aromatic rings. The van der Waals surface area contributed by atoms with Crippen molar-refractivity contribution >= 4 is 5.91 Å². The Morgan fingerprint density at radius 1 is 1.55 bits per heavy atom. The van der Waals surface area contributed by atoms with E-state index in [9.17, 15) is 4.79 Å². The van der Waals surface area contributed by atoms with Crippen LogP contribution < -0.4 is 5.32 Å². The molecule has 1 amide bonds. The quantitative estimate of drug-likeness (QED) is 0.897. The molecular weight excluding hydrogens is 252 g/mol. The maximum atomic E-state index is 12.0. The molecule has 20 heavy (non-hydrogen) atoms. The number of likely N-dealkylation sites (tertiary alicyclic amines) is 1. The molecule has 1 saturated heterocycles. The normalized spacial score (nSPS) is 30.1. The lowest BCUT2D eigenvalue weighted by atomic mass is 10.0. The average molecular weight is 276 g/mol. The zero-order valence-electron chi connectivity index (χ0n) is 12.2. The Kier molecular flexibility index (Phi) is 4.10. The molecule has 1 saturated carbocycles. The fraction of sp³-hybridized carbons (Fsp3) is 0.688. The van der Waals surface area contributed by atoms with E-state index < -0.39 is 0 Å². The van der Waals surface area contributed by atoms with Gasteiger partial charge < -0.3 is 14.6 Å². The Bertz CT molecular complexity index is 443. The highest BCUT2D eigenvalue weighted by molar-refractivity contribution is 5.82. The molecule has 3 atom stereocenters. The number of nitrogens with one attached hydrogen (secondary N) is 1. The second kappa shape index (κ2) is 6.00. The second-order valence-electron chi connectivity index (χ2n) is 6.30. The van der Waals surface area contributed by atoms with E-state index in [-0.39, 0.29) is 11.8 Å². The smallest absolute Gasteiger partial charge is 0.223 e. The number of hydrogen-bond donors (Lipinski definition) is 1. The SMILES string of the molecule is CC1CCCN(CCNC(=O)C2CC2c2ccco2)C1. The van der Waals surface area contributed by atoms with Gasteiger partial charge in [0, 0.05) is 31.5 Å². The molecule has 1 aliphatic carbocycles. The summed E-state index contributed by atoms with van der Waals surface area (Å²) in [7, 11) is 0. The van der Waals surface area contributed by atoms with Crippen molar-refractivity contribution in [1.82, 2.24) is 10.2 Å². The van der Waals surface area contributed by atoms with Crippen molar-refractivity contribution in [2.75, 3.05) is 26.2 Å². The summed E-state index contributed by atoms with van der Waals surface area (Å²) < 4.78 is 5.36. The molecule has 2 aliphatic rings. The highest BCUT2D eigenvalue weighted by atomic mass is 16.3. The molecule has 4 nitrogen and oxygen atoms in total. The summed E-state index contributed by atoms with van der Waals surface area (Å²) in [5.74, 6) is 2.37. The number of hydrogen-bond acceptors (Lipinski definition) is 3. The standard InChI is InChI=1S/C16H24N2O2/c1-12-4-2-7-18(11-12)8-6-17-16(19)14-10-13(14)15-5-3-9-20-15/h3,5,9,12-14H,2,4,6-8,10-11H2,1H3,(H,17,19). The number of furan rings is 1. The molecule has 3 unspecified atom stereocenters. The molecule has 1 N–H and O–H groups in total. The van der Waals surface area contributed by atoms with E-state index in [1.165, 1.54) is 25.9 Å². The zero-order valence-corrected chi connectivity index (χ0v) is 12.2. The largest absolute Gasteiger partial charge is 0.469 e. The fourth-order valence-electron chi connectivity index (χ4n) is 3.26. The molecule has 2 heterocycles. The summed E-state index contributed by atoms with van der Waals surface area (Å²) >= 11 is 0. The molecule has 0 spiro atoms. The summed E-state index contributed by atoms with van der Waals surface area (Å²) in [5.41, 5.74) is 0. The number of carbonyl (C=O) groups excluding carboxylic acids is 1. The van der Waals surface area contributed by atoms with Crippen LogP contribution in [0.4, 0.5) is 0 Å². The number of amides is 1. The third-order valence-corrected chi connectivity index (χ3v) is 4.50. The first kappa shape index (κ1) is 13.7. The maximum Gasteiger partial charge on any atom is 0.223 e. The van der Waals surface area contributed by atoms with Crippen LogP contribution in [0.3, 0.4) is 0 Å². The van der Waals surface area contributed by atoms with Crippen LogP contribution in [0.5, 0.6) is 0 Å². The van der Waals surface area contributed by atoms with Crippen molar-refractivity contribution in [3.8, 4) is 0 Å². The van der Waals surface area contributed by atoms with Gasteiger partial charge in [-0.2, -0.15) is 0 Å². The molecule has 1 aliphatic heterocycles. The lowest BCUT2D eigenvalue weighted by Crippen LogP contribution is -2.40. The summed E-state index contributed by atoms with van der Waals surface area (Å²) in [6.07, 6.45) is 5.24. The Labute approximate surface area is 120 Å². The fourth-order valence-corrected chi connectivity index (χ4v) is 3.26. The second-order valence-corrected chi connectivity index (χ2v) is 6.30. The Balaban J connectivity index is 1.36. The number of nitrogens with zero attached hydrogens (tertiary/aromatic N) is 1. The van der Waals surface area contributed by atoms with E-state index in [0.717, 1.165) is 31.2 Å². The molecule has 3 rings (SSSR count). The summed E-state index contributed by atoms with van der Waals surface area (Å²) in [6, 6.07) is 3.85. The topological polar surface area (TPSA) is 45.5 Å². The molecule has 4 heteroatoms. The van der Waals surface area contributed by atoms with E-state index in [2.05, 4.69) is 17.1 Å². The van der Waals surface area contributed by atoms with E-state index >= 15 is 0 Å². The number of rotatable bonds is 5. The lowest BCUT2D eigenvalue weighted by Gasteiger charge is -2.30. The van der Waals surface area contributed by atoms with Gasteiger partial charge in [0.2, 0.25) is 5.91 Å². The minimum absolute atomic E-state index is 0.126. The Hall–Kier alpha value is -1.29. The van der Waals surface area contributed by atoms with Crippen LogP contribution in [0.2, 0.25) is 0 Å². The van der Waals surface area contributed by atoms with Crippen LogP contribution in [0.15, 0.2) is 22.8 Å². The van der Waals surface area contributed by atoms with Crippen LogP contribution in [-0.2, 0) is 4.79 Å². The first-order valence-electron chi connectivity index (χ1n) is 7.77. The van der Waals surface area contributed by atoms with Crippen LogP contribution in [0.25, 0.3) is 0 Å². The Morgan fingerprint density at radius 3 is 3.20 bits per heavy atom. The van der Waals surface area contributed by atoms with Crippen molar-refractivity contribution in [2.45, 2.75) is 32.1 Å². The van der Waals surface area contributed by atoms with Crippen molar-refractivity contribution in [2.24, 2.45) is 11.8 Å². The molecule has 0 aromatic carbocycles. The van der Waals surface area contributed by atoms with Crippen molar-refractivity contribution in [1.29, 1.82) is 0 Å². The third-order valence-electron chi connectivity index (χ3n) is 4.50. The van der Waals surface area contributed by atoms with Gasteiger partial charge in [0.1, 0.15) is 5.76 Å². The van der Waals surface area contributed by atoms with Gasteiger partial charge in [-0.25, -0.2) is 0 Å². The van der Waals surface area contributed by atoms with Crippen molar-refractivity contribution < 1.29 is 9.21 Å². The van der Waals surface area contributed by atoms with E-state index in [1.54, 1.807) is 6.26 Å². The van der Waals surface area contributed by atoms with Crippen LogP contribution in [-0.4, -0.2) is 37.0 Å². The van der Waals surface area contributed by atoms with Gasteiger partial charge in [0.25, 0.3) is 0 Å². The van der Waals surface area contributed by atoms with Gasteiger partial charge in [-0.15, -0.1) is 0 Å². The lowest BCUT2D eigenvalue weighted by molar-refractivity contribution is -0.122. The minimum atomic E-state index is 0.126. The number of piperidine rings is 1. The van der Waals surface area contributed by atoms with E-state index in [0.29, 0.717) is 5.92 Å². The average Bonchev–Trinajstić information content (AvgIpc) is 3.05. The van der Waals surface area contributed by atoms with Gasteiger partial charge in [0.05, 0.1) is 6.26 Å². The highest BCUT2D eigenvalue weighted by Gasteiger charge is 2.45. The first-order valence-corrected chi connectivity index (χ1v) is 7.77. The summed E-state index contributed by atoms with van der Waals surface area (Å²) in [5, 5.41) is 3.08. The van der Waals surface area contributed by atoms with E-state index in [4.69, 9.17) is 4.42 Å². The molecule has 2 fully saturated rings. The summed E-state index contributed by atoms with van der Waals surface area (Å²) in [6.45, 7) is 6.41. The monoisotopic (exact) mass is 276 g/mol. The van der Waals surface area contributed by atoms with Crippen LogP contribution >= 0.6 is 0 Å². The predicted octanol–water partition coefficient (Wildman–Crippen LogP) is 2.23. The number of carbonyl (C=O) groups is 1. The summed E-state index contributed by atoms with van der Waals surface area (Å²) in [4.78, 5) is 14.5. The van der Waals surface area contributed by atoms with Gasteiger partial charge in [-0.05, 0) is 43.9 Å². The Morgan fingerprint density at radius 2 is 2.45 bits per heavy atom. The van der Waals surface area contributed by atoms with Crippen LogP contribution in [0, 0.1) is 11.8 Å². The van der Waals surface area contributed by atoms with Gasteiger partial charge in [-0.1, -0.05) is 6.92 Å². The van der Waals surface area contributed by atoms with Crippen molar-refractivity contribution in [3.05, 3.63) is 24.2 Å². The van der Waals surface area contributed by atoms with Gasteiger partial charge >= 0.3 is 0 Å². The predicted molar refractivity (Wildman–Crippen MR) is 77.4 cm³/mol. The minimum Gasteiger partial charge on any atom is -0.469 e. The van der Waals surface area contributed by atoms with E-state index in [1.807, 2.05) is 12.1 Å². The first-order chi connectivity index (χ1) is 9.74. The zero-order chi connectivity index (χ0) is 13.9. The maximum absolute atomic E-state index is 12.0. The molecular formula is C16H24N2O2. The highest BCUT2D eigenvalue weighted by Crippen LogP contribution is 2.47. The molecule has 1 aromatic heterocycles. The van der Waals surface area contributed by atoms with Crippen molar-refractivity contribution in [3.63, 3.8) is 0 Å². The van der Waals surface area contributed by atoms with Gasteiger partial charge in [-0.3, -0.25) is 4.79 Å². The van der Waals surface area contributed by atoms with Gasteiger partial charge in [0.15, 0.2) is 0 Å². The molecule has 0 radical (unpaired) electrons.